The van der Waals surface area contributed by atoms with Gasteiger partial charge >= 0.3 is 0 Å². The monoisotopic (exact) mass is 391 g/mol. The minimum absolute atomic E-state index is 0.0171. The fraction of sp³-hybridized carbons (Fsp3) is 0.636. The number of hydrogen-bond donors (Lipinski definition) is 1. The van der Waals surface area contributed by atoms with E-state index in [1.807, 2.05) is 69.8 Å². The summed E-state index contributed by atoms with van der Waals surface area (Å²) in [6.45, 7) is 9.35. The van der Waals surface area contributed by atoms with Gasteiger partial charge < -0.3 is 19.9 Å². The Morgan fingerprint density at radius 1 is 1.14 bits per heavy atom. The Bertz CT molecular complexity index is 640. The van der Waals surface area contributed by atoms with Gasteiger partial charge in [-0.2, -0.15) is 0 Å². The molecule has 6 heteroatoms. The topological polar surface area (TPSA) is 61.9 Å². The molecule has 1 aromatic carbocycles. The van der Waals surface area contributed by atoms with E-state index in [4.69, 9.17) is 4.74 Å². The van der Waals surface area contributed by atoms with E-state index in [1.165, 1.54) is 0 Å². The molecule has 0 aliphatic rings. The number of carbonyl (C=O) groups excluding carboxylic acids is 2. The first kappa shape index (κ1) is 24.0. The molecule has 0 radical (unpaired) electrons. The van der Waals surface area contributed by atoms with Gasteiger partial charge in [-0.1, -0.05) is 27.7 Å². The molecule has 0 saturated carbocycles. The van der Waals surface area contributed by atoms with Crippen LogP contribution in [0.1, 0.15) is 46.1 Å². The Labute approximate surface area is 170 Å². The van der Waals surface area contributed by atoms with Crippen molar-refractivity contribution in [3.05, 3.63) is 23.8 Å². The lowest BCUT2D eigenvalue weighted by Crippen LogP contribution is -2.38. The smallest absolute Gasteiger partial charge is 0.226 e. The summed E-state index contributed by atoms with van der Waals surface area (Å²) in [7, 11) is 5.61. The van der Waals surface area contributed by atoms with Gasteiger partial charge in [0, 0.05) is 57.5 Å². The highest BCUT2D eigenvalue weighted by Crippen LogP contribution is 2.26. The third-order valence-electron chi connectivity index (χ3n) is 4.93. The van der Waals surface area contributed by atoms with Crippen molar-refractivity contribution in [2.75, 3.05) is 44.6 Å². The number of carbonyl (C=O) groups is 2. The highest BCUT2D eigenvalue weighted by molar-refractivity contribution is 5.92. The number of methoxy groups -OCH3 is 1. The zero-order chi connectivity index (χ0) is 21.3. The fourth-order valence-electron chi connectivity index (χ4n) is 3.08. The fourth-order valence-corrected chi connectivity index (χ4v) is 3.08. The molecule has 0 saturated heterocycles. The number of hydrogen-bond acceptors (Lipinski definition) is 4. The van der Waals surface area contributed by atoms with Crippen LogP contribution in [0.25, 0.3) is 0 Å². The summed E-state index contributed by atoms with van der Waals surface area (Å²) < 4.78 is 5.23. The molecule has 0 aliphatic heterocycles. The summed E-state index contributed by atoms with van der Waals surface area (Å²) in [4.78, 5) is 29.0. The maximum absolute atomic E-state index is 13.0. The molecule has 158 valence electrons. The molecule has 1 aromatic rings. The lowest BCUT2D eigenvalue weighted by atomic mass is 10.0. The lowest BCUT2D eigenvalue weighted by Gasteiger charge is -2.29. The molecule has 0 atom stereocenters. The van der Waals surface area contributed by atoms with Crippen molar-refractivity contribution >= 4 is 23.2 Å². The number of anilines is 2. The van der Waals surface area contributed by atoms with Gasteiger partial charge in [-0.05, 0) is 36.6 Å². The zero-order valence-electron chi connectivity index (χ0n) is 18.5. The molecule has 0 unspecified atom stereocenters. The predicted molar refractivity (Wildman–Crippen MR) is 116 cm³/mol. The summed E-state index contributed by atoms with van der Waals surface area (Å²) in [5.74, 6) is 0.0615. The Balaban J connectivity index is 3.19. The van der Waals surface area contributed by atoms with Crippen LogP contribution < -0.4 is 10.2 Å². The molecule has 0 bridgehead atoms. The molecule has 2 amide bonds. The molecule has 28 heavy (non-hydrogen) atoms. The second-order valence-electron chi connectivity index (χ2n) is 7.65. The maximum Gasteiger partial charge on any atom is 0.226 e. The van der Waals surface area contributed by atoms with Crippen LogP contribution in [-0.2, 0) is 20.9 Å². The Kier molecular flexibility index (Phi) is 10.0. The van der Waals surface area contributed by atoms with Gasteiger partial charge in [0.15, 0.2) is 0 Å². The first-order chi connectivity index (χ1) is 13.2. The molecule has 0 heterocycles. The van der Waals surface area contributed by atoms with E-state index in [0.717, 1.165) is 29.8 Å². The third kappa shape index (κ3) is 6.82. The summed E-state index contributed by atoms with van der Waals surface area (Å²) in [6.07, 6.45) is 1.65. The van der Waals surface area contributed by atoms with Crippen molar-refractivity contribution in [1.29, 1.82) is 0 Å². The van der Waals surface area contributed by atoms with Gasteiger partial charge in [0.05, 0.1) is 6.61 Å². The minimum atomic E-state index is -0.0911. The Hall–Kier alpha value is -2.08. The van der Waals surface area contributed by atoms with Crippen LogP contribution >= 0.6 is 0 Å². The summed E-state index contributed by atoms with van der Waals surface area (Å²) in [6, 6.07) is 5.86. The van der Waals surface area contributed by atoms with Gasteiger partial charge in [-0.25, -0.2) is 0 Å². The van der Waals surface area contributed by atoms with Crippen molar-refractivity contribution in [3.8, 4) is 0 Å². The number of rotatable bonds is 11. The largest absolute Gasteiger partial charge is 0.383 e. The summed E-state index contributed by atoms with van der Waals surface area (Å²) >= 11 is 0. The number of nitrogens with zero attached hydrogens (tertiary/aromatic N) is 2. The van der Waals surface area contributed by atoms with Crippen LogP contribution in [0.5, 0.6) is 0 Å². The second kappa shape index (κ2) is 11.7. The first-order valence-corrected chi connectivity index (χ1v) is 10.1. The Morgan fingerprint density at radius 2 is 1.79 bits per heavy atom. The van der Waals surface area contributed by atoms with Gasteiger partial charge in [-0.15, -0.1) is 0 Å². The van der Waals surface area contributed by atoms with Crippen molar-refractivity contribution in [1.82, 2.24) is 4.90 Å². The molecule has 1 rings (SSSR count). The van der Waals surface area contributed by atoms with Gasteiger partial charge in [0.1, 0.15) is 0 Å². The van der Waals surface area contributed by atoms with Gasteiger partial charge in [-0.3, -0.25) is 9.59 Å². The van der Waals surface area contributed by atoms with E-state index in [2.05, 4.69) is 5.32 Å². The predicted octanol–water partition coefficient (Wildman–Crippen LogP) is 3.76. The lowest BCUT2D eigenvalue weighted by molar-refractivity contribution is -0.137. The quantitative estimate of drug-likeness (QED) is 0.624. The number of benzene rings is 1. The van der Waals surface area contributed by atoms with Crippen LogP contribution in [0.4, 0.5) is 11.4 Å². The highest BCUT2D eigenvalue weighted by atomic mass is 16.5. The number of ether oxygens (including phenoxy) is 1. The first-order valence-electron chi connectivity index (χ1n) is 10.1. The standard InChI is InChI=1S/C22H37N3O3/c1-8-17(9-2)22(27)25(12-13-28-7)15-18-14-19(23-21(26)16(3)4)10-11-20(18)24(5)6/h10-11,14,16-17H,8-9,12-13,15H2,1-7H3,(H,23,26). The van der Waals surface area contributed by atoms with Crippen LogP contribution in [-0.4, -0.2) is 51.1 Å². The average molecular weight is 392 g/mol. The van der Waals surface area contributed by atoms with E-state index in [1.54, 1.807) is 7.11 Å². The van der Waals surface area contributed by atoms with Crippen LogP contribution in [0.2, 0.25) is 0 Å². The van der Waals surface area contributed by atoms with Crippen LogP contribution in [0.3, 0.4) is 0 Å². The minimum Gasteiger partial charge on any atom is -0.383 e. The van der Waals surface area contributed by atoms with Gasteiger partial charge in [0.2, 0.25) is 11.8 Å². The summed E-state index contributed by atoms with van der Waals surface area (Å²) in [5.41, 5.74) is 2.78. The Morgan fingerprint density at radius 3 is 2.29 bits per heavy atom. The van der Waals surface area contributed by atoms with Crippen molar-refractivity contribution < 1.29 is 14.3 Å². The van der Waals surface area contributed by atoms with Crippen molar-refractivity contribution in [2.24, 2.45) is 11.8 Å². The molecular weight excluding hydrogens is 354 g/mol. The highest BCUT2D eigenvalue weighted by Gasteiger charge is 2.23. The summed E-state index contributed by atoms with van der Waals surface area (Å²) in [5, 5.41) is 2.95. The average Bonchev–Trinajstić information content (AvgIpc) is 2.65. The molecule has 1 N–H and O–H groups in total. The molecule has 0 aromatic heterocycles. The van der Waals surface area contributed by atoms with Crippen LogP contribution in [0.15, 0.2) is 18.2 Å². The van der Waals surface area contributed by atoms with E-state index in [0.29, 0.717) is 19.7 Å². The van der Waals surface area contributed by atoms with Crippen LogP contribution in [0, 0.1) is 11.8 Å². The zero-order valence-corrected chi connectivity index (χ0v) is 18.5. The van der Waals surface area contributed by atoms with E-state index < -0.39 is 0 Å². The number of nitrogens with one attached hydrogen (secondary N) is 1. The van der Waals surface area contributed by atoms with Crippen molar-refractivity contribution in [2.45, 2.75) is 47.1 Å². The molecular formula is C22H37N3O3. The molecule has 6 nitrogen and oxygen atoms in total. The maximum atomic E-state index is 13.0. The normalized spacial score (nSPS) is 11.0. The van der Waals surface area contributed by atoms with E-state index >= 15 is 0 Å². The number of amides is 2. The molecule has 0 fully saturated rings. The van der Waals surface area contributed by atoms with Gasteiger partial charge in [0.25, 0.3) is 0 Å². The second-order valence-corrected chi connectivity index (χ2v) is 7.65. The molecule has 0 spiro atoms. The third-order valence-corrected chi connectivity index (χ3v) is 4.93. The SMILES string of the molecule is CCC(CC)C(=O)N(CCOC)Cc1cc(NC(=O)C(C)C)ccc1N(C)C. The van der Waals surface area contributed by atoms with E-state index in [9.17, 15) is 9.59 Å². The molecule has 0 aliphatic carbocycles. The van der Waals surface area contributed by atoms with E-state index in [-0.39, 0.29) is 23.7 Å². The van der Waals surface area contributed by atoms with Crippen molar-refractivity contribution in [3.63, 3.8) is 0 Å².